The third-order valence-corrected chi connectivity index (χ3v) is 5.02. The zero-order valence-electron chi connectivity index (χ0n) is 16.9. The lowest BCUT2D eigenvalue weighted by atomic mass is 9.98. The summed E-state index contributed by atoms with van der Waals surface area (Å²) in [5.41, 5.74) is 0.871. The zero-order chi connectivity index (χ0) is 21.2. The molecule has 28 heavy (non-hydrogen) atoms. The molecule has 0 bridgehead atoms. The maximum Gasteiger partial charge on any atom is 0.446 e. The number of phenols is 1. The highest BCUT2D eigenvalue weighted by atomic mass is 32.3. The first-order valence-corrected chi connectivity index (χ1v) is 10.9. The zero-order valence-corrected chi connectivity index (χ0v) is 17.7. The molecule has 0 aliphatic rings. The van der Waals surface area contributed by atoms with E-state index in [4.69, 9.17) is 19.1 Å². The molecule has 1 aromatic rings. The van der Waals surface area contributed by atoms with E-state index in [9.17, 15) is 13.5 Å². The van der Waals surface area contributed by atoms with Crippen LogP contribution in [0.25, 0.3) is 0 Å². The monoisotopic (exact) mass is 420 g/mol. The number of rotatable bonds is 14. The van der Waals surface area contributed by atoms with Gasteiger partial charge < -0.3 is 23.9 Å². The van der Waals surface area contributed by atoms with Crippen molar-refractivity contribution in [3.05, 3.63) is 11.1 Å². The minimum atomic E-state index is -4.76. The van der Waals surface area contributed by atoms with E-state index in [1.54, 1.807) is 6.92 Å². The van der Waals surface area contributed by atoms with Gasteiger partial charge in [-0.3, -0.25) is 4.55 Å². The van der Waals surface area contributed by atoms with Crippen LogP contribution in [0.2, 0.25) is 0 Å². The fourth-order valence-electron chi connectivity index (χ4n) is 3.19. The predicted molar refractivity (Wildman–Crippen MR) is 106 cm³/mol. The van der Waals surface area contributed by atoms with E-state index >= 15 is 0 Å². The molecule has 0 radical (unpaired) electrons. The van der Waals surface area contributed by atoms with E-state index in [2.05, 4.69) is 4.18 Å². The van der Waals surface area contributed by atoms with Gasteiger partial charge in [-0.15, -0.1) is 0 Å². The second-order valence-electron chi connectivity index (χ2n) is 6.66. The van der Waals surface area contributed by atoms with Crippen LogP contribution in [-0.4, -0.2) is 44.0 Å². The molecule has 0 saturated heterocycles. The molecule has 8 nitrogen and oxygen atoms in total. The van der Waals surface area contributed by atoms with E-state index < -0.39 is 10.4 Å². The highest BCUT2D eigenvalue weighted by Crippen LogP contribution is 2.49. The number of benzene rings is 1. The van der Waals surface area contributed by atoms with Crippen molar-refractivity contribution in [1.82, 2.24) is 0 Å². The van der Waals surface area contributed by atoms with Crippen LogP contribution in [0.3, 0.4) is 0 Å². The van der Waals surface area contributed by atoms with Gasteiger partial charge in [0.15, 0.2) is 11.5 Å². The molecule has 0 aliphatic carbocycles. The Morgan fingerprint density at radius 1 is 0.821 bits per heavy atom. The van der Waals surface area contributed by atoms with Gasteiger partial charge in [0.05, 0.1) is 14.2 Å². The number of methoxy groups -OCH3 is 2. The molecule has 0 atom stereocenters. The molecular weight excluding hydrogens is 388 g/mol. The SMILES string of the molecule is COc1c(O)c(CCCCCCCCCCO)c(C)c(OS(=O)(=O)O)c1OC. The summed E-state index contributed by atoms with van der Waals surface area (Å²) in [6.45, 7) is 1.84. The molecular formula is C19H32O8S. The summed E-state index contributed by atoms with van der Waals surface area (Å²) in [6.07, 6.45) is 8.58. The molecule has 0 fully saturated rings. The Morgan fingerprint density at radius 3 is 1.79 bits per heavy atom. The Hall–Kier alpha value is -1.71. The lowest BCUT2D eigenvalue weighted by Gasteiger charge is -2.19. The van der Waals surface area contributed by atoms with Crippen molar-refractivity contribution in [2.24, 2.45) is 0 Å². The fraction of sp³-hybridized carbons (Fsp3) is 0.684. The van der Waals surface area contributed by atoms with Gasteiger partial charge in [-0.05, 0) is 26.2 Å². The molecule has 0 aliphatic heterocycles. The van der Waals surface area contributed by atoms with Crippen molar-refractivity contribution >= 4 is 10.4 Å². The number of aliphatic hydroxyl groups excluding tert-OH is 1. The summed E-state index contributed by atoms with van der Waals surface area (Å²) in [5, 5.41) is 19.3. The number of ether oxygens (including phenoxy) is 2. The Bertz CT molecular complexity index is 715. The average molecular weight is 421 g/mol. The first-order valence-electron chi connectivity index (χ1n) is 9.50. The van der Waals surface area contributed by atoms with Crippen LogP contribution in [0.1, 0.15) is 62.5 Å². The van der Waals surface area contributed by atoms with Gasteiger partial charge in [0.25, 0.3) is 0 Å². The van der Waals surface area contributed by atoms with Crippen LogP contribution in [0, 0.1) is 6.92 Å². The molecule has 0 spiro atoms. The van der Waals surface area contributed by atoms with E-state index in [1.807, 2.05) is 0 Å². The van der Waals surface area contributed by atoms with Gasteiger partial charge in [0, 0.05) is 17.7 Å². The van der Waals surface area contributed by atoms with Crippen LogP contribution >= 0.6 is 0 Å². The van der Waals surface area contributed by atoms with Gasteiger partial charge in [0.2, 0.25) is 11.5 Å². The molecule has 1 aromatic carbocycles. The number of aliphatic hydroxyl groups is 1. The van der Waals surface area contributed by atoms with Gasteiger partial charge in [-0.1, -0.05) is 38.5 Å². The molecule has 0 saturated carbocycles. The van der Waals surface area contributed by atoms with Crippen molar-refractivity contribution in [2.45, 2.75) is 64.7 Å². The molecule has 0 heterocycles. The molecule has 9 heteroatoms. The summed E-state index contributed by atoms with van der Waals surface area (Å²) >= 11 is 0. The minimum Gasteiger partial charge on any atom is -0.504 e. The molecule has 1 rings (SSSR count). The Morgan fingerprint density at radius 2 is 1.32 bits per heavy atom. The number of hydrogen-bond acceptors (Lipinski definition) is 7. The van der Waals surface area contributed by atoms with E-state index in [-0.39, 0.29) is 29.6 Å². The van der Waals surface area contributed by atoms with Crippen molar-refractivity contribution in [1.29, 1.82) is 0 Å². The molecule has 0 aromatic heterocycles. The van der Waals surface area contributed by atoms with Crippen LogP contribution < -0.4 is 13.7 Å². The maximum atomic E-state index is 11.2. The van der Waals surface area contributed by atoms with Gasteiger partial charge in [0.1, 0.15) is 0 Å². The summed E-state index contributed by atoms with van der Waals surface area (Å²) in [7, 11) is -2.15. The fourth-order valence-corrected chi connectivity index (χ4v) is 3.60. The summed E-state index contributed by atoms with van der Waals surface area (Å²) in [4.78, 5) is 0. The maximum absolute atomic E-state index is 11.2. The van der Waals surface area contributed by atoms with Crippen molar-refractivity contribution in [2.75, 3.05) is 20.8 Å². The first kappa shape index (κ1) is 24.3. The van der Waals surface area contributed by atoms with Gasteiger partial charge >= 0.3 is 10.4 Å². The highest BCUT2D eigenvalue weighted by molar-refractivity contribution is 7.81. The third-order valence-electron chi connectivity index (χ3n) is 4.64. The highest BCUT2D eigenvalue weighted by Gasteiger charge is 2.27. The van der Waals surface area contributed by atoms with Gasteiger partial charge in [-0.25, -0.2) is 0 Å². The largest absolute Gasteiger partial charge is 0.504 e. The van der Waals surface area contributed by atoms with Crippen LogP contribution in [0.5, 0.6) is 23.0 Å². The van der Waals surface area contributed by atoms with E-state index in [1.165, 1.54) is 14.2 Å². The third kappa shape index (κ3) is 7.37. The lowest BCUT2D eigenvalue weighted by molar-refractivity contribution is 0.282. The van der Waals surface area contributed by atoms with Crippen molar-refractivity contribution in [3.63, 3.8) is 0 Å². The average Bonchev–Trinajstić information content (AvgIpc) is 2.63. The van der Waals surface area contributed by atoms with E-state index in [0.717, 1.165) is 51.4 Å². The second kappa shape index (κ2) is 12.0. The van der Waals surface area contributed by atoms with Crippen molar-refractivity contribution < 1.29 is 36.8 Å². The number of phenolic OH excluding ortho intramolecular Hbond substituents is 1. The first-order chi connectivity index (χ1) is 13.3. The smallest absolute Gasteiger partial charge is 0.446 e. The van der Waals surface area contributed by atoms with Crippen LogP contribution in [0.4, 0.5) is 0 Å². The molecule has 3 N–H and O–H groups in total. The Balaban J connectivity index is 2.81. The lowest BCUT2D eigenvalue weighted by Crippen LogP contribution is -2.11. The topological polar surface area (TPSA) is 123 Å². The predicted octanol–water partition coefficient (Wildman–Crippen LogP) is 3.56. The Labute approximate surface area is 167 Å². The van der Waals surface area contributed by atoms with E-state index in [0.29, 0.717) is 17.5 Å². The number of hydrogen-bond donors (Lipinski definition) is 3. The molecule has 0 unspecified atom stereocenters. The van der Waals surface area contributed by atoms with Crippen LogP contribution in [-0.2, 0) is 16.8 Å². The number of unbranched alkanes of at least 4 members (excludes halogenated alkanes) is 7. The standard InChI is InChI=1S/C19H32O8S/c1-14-15(12-10-8-6-4-5-7-9-11-13-20)16(21)18(25-2)19(26-3)17(14)27-28(22,23)24/h20-21H,4-13H2,1-3H3,(H,22,23,24). The molecule has 162 valence electrons. The molecule has 0 amide bonds. The van der Waals surface area contributed by atoms with Gasteiger partial charge in [-0.2, -0.15) is 8.42 Å². The van der Waals surface area contributed by atoms with Crippen LogP contribution in [0.15, 0.2) is 0 Å². The summed E-state index contributed by atoms with van der Waals surface area (Å²) in [5.74, 6) is -0.450. The number of aromatic hydroxyl groups is 1. The minimum absolute atomic E-state index is 0.0365. The normalized spacial score (nSPS) is 11.5. The summed E-state index contributed by atoms with van der Waals surface area (Å²) in [6, 6.07) is 0. The summed E-state index contributed by atoms with van der Waals surface area (Å²) < 4.78 is 46.4. The van der Waals surface area contributed by atoms with Crippen molar-refractivity contribution in [3.8, 4) is 23.0 Å². The second-order valence-corrected chi connectivity index (χ2v) is 7.68. The Kier molecular flexibility index (Phi) is 10.4. The quantitative estimate of drug-likeness (QED) is 0.308.